The number of methoxy groups -OCH3 is 1. The van der Waals surface area contributed by atoms with E-state index >= 15 is 0 Å². The van der Waals surface area contributed by atoms with Gasteiger partial charge in [-0.05, 0) is 37.3 Å². The number of H-pyrrole nitrogens is 2. The van der Waals surface area contributed by atoms with E-state index in [0.29, 0.717) is 21.9 Å². The number of amides is 1. The first-order valence-electron chi connectivity index (χ1n) is 8.91. The Morgan fingerprint density at radius 3 is 2.86 bits per heavy atom. The average molecular weight is 409 g/mol. The average Bonchev–Trinajstić information content (AvgIpc) is 3.33. The first-order chi connectivity index (χ1) is 14.0. The molecule has 2 heterocycles. The van der Waals surface area contributed by atoms with Crippen molar-refractivity contribution in [2.24, 2.45) is 0 Å². The first kappa shape index (κ1) is 18.9. The second-order valence-corrected chi connectivity index (χ2v) is 7.68. The molecule has 3 N–H and O–H groups in total. The number of nitrogens with zero attached hydrogens (tertiary/aromatic N) is 2. The fraction of sp³-hybridized carbons (Fsp3) is 0.150. The molecule has 0 fully saturated rings. The number of anilines is 1. The van der Waals surface area contributed by atoms with Crippen molar-refractivity contribution >= 4 is 34.4 Å². The Bertz CT molecular complexity index is 1230. The second-order valence-electron chi connectivity index (χ2n) is 6.37. The van der Waals surface area contributed by atoms with Crippen LogP contribution in [-0.2, 0) is 4.79 Å². The maximum absolute atomic E-state index is 12.7. The van der Waals surface area contributed by atoms with Gasteiger partial charge in [0.25, 0.3) is 0 Å². The summed E-state index contributed by atoms with van der Waals surface area (Å²) in [6.07, 6.45) is 3.54. The minimum Gasteiger partial charge on any atom is -0.497 e. The standard InChI is InChI=1S/C20H19N5O3S/c1-12(18(26)22-13-6-7-16-17(10-13)24-19(27)23-16)29-20-21-8-9-25(20)14-4-3-5-15(11-14)28-2/h3-12H,1-2H3,(H,22,26)(H2,23,24,27). The molecule has 0 saturated heterocycles. The molecule has 4 rings (SSSR count). The predicted octanol–water partition coefficient (Wildman–Crippen LogP) is 3.17. The Morgan fingerprint density at radius 2 is 2.03 bits per heavy atom. The Kier molecular flexibility index (Phi) is 5.13. The van der Waals surface area contributed by atoms with Crippen molar-refractivity contribution in [2.75, 3.05) is 12.4 Å². The summed E-state index contributed by atoms with van der Waals surface area (Å²) >= 11 is 1.36. The number of rotatable bonds is 6. The van der Waals surface area contributed by atoms with Crippen molar-refractivity contribution in [1.82, 2.24) is 19.5 Å². The van der Waals surface area contributed by atoms with E-state index in [1.165, 1.54) is 11.8 Å². The minimum atomic E-state index is -0.386. The molecule has 2 aromatic heterocycles. The summed E-state index contributed by atoms with van der Waals surface area (Å²) in [6, 6.07) is 12.8. The van der Waals surface area contributed by atoms with Crippen molar-refractivity contribution < 1.29 is 9.53 Å². The molecular formula is C20H19N5O3S. The lowest BCUT2D eigenvalue weighted by molar-refractivity contribution is -0.115. The highest BCUT2D eigenvalue weighted by atomic mass is 32.2. The highest BCUT2D eigenvalue weighted by Crippen LogP contribution is 2.27. The number of carbonyl (C=O) groups excluding carboxylic acids is 1. The van der Waals surface area contributed by atoms with E-state index in [1.54, 1.807) is 31.5 Å². The van der Waals surface area contributed by atoms with E-state index in [0.717, 1.165) is 11.4 Å². The number of aromatic nitrogens is 4. The second kappa shape index (κ2) is 7.88. The molecular weight excluding hydrogens is 390 g/mol. The highest BCUT2D eigenvalue weighted by Gasteiger charge is 2.18. The van der Waals surface area contributed by atoms with E-state index in [2.05, 4.69) is 20.3 Å². The van der Waals surface area contributed by atoms with Crippen LogP contribution in [0.3, 0.4) is 0 Å². The van der Waals surface area contributed by atoms with Crippen molar-refractivity contribution in [1.29, 1.82) is 0 Å². The van der Waals surface area contributed by atoms with E-state index in [4.69, 9.17) is 4.74 Å². The number of carbonyl (C=O) groups is 1. The van der Waals surface area contributed by atoms with Crippen molar-refractivity contribution in [2.45, 2.75) is 17.3 Å². The quantitative estimate of drug-likeness (QED) is 0.424. The number of imidazole rings is 2. The Hall–Kier alpha value is -3.46. The van der Waals surface area contributed by atoms with Gasteiger partial charge in [0.05, 0.1) is 29.1 Å². The van der Waals surface area contributed by atoms with Gasteiger partial charge in [-0.1, -0.05) is 17.8 Å². The predicted molar refractivity (Wildman–Crippen MR) is 113 cm³/mol. The van der Waals surface area contributed by atoms with E-state index in [1.807, 2.05) is 42.0 Å². The van der Waals surface area contributed by atoms with Gasteiger partial charge in [-0.3, -0.25) is 9.36 Å². The van der Waals surface area contributed by atoms with Gasteiger partial charge >= 0.3 is 5.69 Å². The van der Waals surface area contributed by atoms with Crippen molar-refractivity contribution in [3.63, 3.8) is 0 Å². The van der Waals surface area contributed by atoms with Crippen LogP contribution in [0.25, 0.3) is 16.7 Å². The van der Waals surface area contributed by atoms with Crippen LogP contribution in [0.4, 0.5) is 5.69 Å². The Morgan fingerprint density at radius 1 is 1.21 bits per heavy atom. The summed E-state index contributed by atoms with van der Waals surface area (Å²) in [6.45, 7) is 1.82. The zero-order valence-electron chi connectivity index (χ0n) is 15.8. The van der Waals surface area contributed by atoms with Crippen LogP contribution >= 0.6 is 11.8 Å². The molecule has 1 unspecified atom stereocenters. The monoisotopic (exact) mass is 409 g/mol. The topological polar surface area (TPSA) is 105 Å². The third-order valence-corrected chi connectivity index (χ3v) is 5.45. The van der Waals surface area contributed by atoms with Crippen LogP contribution < -0.4 is 15.7 Å². The van der Waals surface area contributed by atoms with Crippen molar-refractivity contribution in [3.8, 4) is 11.4 Å². The zero-order valence-corrected chi connectivity index (χ0v) is 16.6. The molecule has 8 nitrogen and oxygen atoms in total. The van der Waals surface area contributed by atoms with Gasteiger partial charge in [0.15, 0.2) is 5.16 Å². The van der Waals surface area contributed by atoms with E-state index in [-0.39, 0.29) is 16.8 Å². The van der Waals surface area contributed by atoms with Crippen molar-refractivity contribution in [3.05, 3.63) is 65.3 Å². The molecule has 0 aliphatic rings. The molecule has 1 atom stereocenters. The fourth-order valence-electron chi connectivity index (χ4n) is 2.90. The molecule has 0 aliphatic heterocycles. The molecule has 0 saturated carbocycles. The lowest BCUT2D eigenvalue weighted by Crippen LogP contribution is -2.22. The molecule has 29 heavy (non-hydrogen) atoms. The minimum absolute atomic E-state index is 0.160. The summed E-state index contributed by atoms with van der Waals surface area (Å²) in [5.74, 6) is 0.587. The SMILES string of the molecule is COc1cccc(-n2ccnc2SC(C)C(=O)Nc2ccc3[nH]c(=O)[nH]c3c2)c1. The lowest BCUT2D eigenvalue weighted by Gasteiger charge is -2.13. The summed E-state index contributed by atoms with van der Waals surface area (Å²) in [5, 5.41) is 3.19. The molecule has 0 aliphatic carbocycles. The molecule has 4 aromatic rings. The number of hydrogen-bond acceptors (Lipinski definition) is 5. The van der Waals surface area contributed by atoms with Crippen LogP contribution in [0, 0.1) is 0 Å². The van der Waals surface area contributed by atoms with Gasteiger partial charge in [0.2, 0.25) is 5.91 Å². The third kappa shape index (κ3) is 4.04. The van der Waals surface area contributed by atoms with Gasteiger partial charge in [0.1, 0.15) is 5.75 Å². The molecule has 2 aromatic carbocycles. The molecule has 0 spiro atoms. The summed E-state index contributed by atoms with van der Waals surface area (Å²) in [7, 11) is 1.62. The van der Waals surface area contributed by atoms with Gasteiger partial charge < -0.3 is 20.0 Å². The number of aromatic amines is 2. The number of benzene rings is 2. The number of nitrogens with one attached hydrogen (secondary N) is 3. The normalized spacial score (nSPS) is 12.1. The number of ether oxygens (including phenoxy) is 1. The molecule has 0 bridgehead atoms. The molecule has 9 heteroatoms. The molecule has 1 amide bonds. The van der Waals surface area contributed by atoms with Crippen LogP contribution in [0.1, 0.15) is 6.92 Å². The molecule has 148 valence electrons. The number of hydrogen-bond donors (Lipinski definition) is 3. The number of thioether (sulfide) groups is 1. The summed E-state index contributed by atoms with van der Waals surface area (Å²) in [5.41, 5.74) is 2.56. The van der Waals surface area contributed by atoms with Gasteiger partial charge in [-0.25, -0.2) is 9.78 Å². The van der Waals surface area contributed by atoms with Crippen LogP contribution in [0.5, 0.6) is 5.75 Å². The first-order valence-corrected chi connectivity index (χ1v) is 9.79. The maximum Gasteiger partial charge on any atom is 0.323 e. The largest absolute Gasteiger partial charge is 0.497 e. The zero-order chi connectivity index (χ0) is 20.4. The fourth-order valence-corrected chi connectivity index (χ4v) is 3.78. The van der Waals surface area contributed by atoms with Crippen LogP contribution in [0.2, 0.25) is 0 Å². The lowest BCUT2D eigenvalue weighted by atomic mass is 10.2. The number of fused-ring (bicyclic) bond motifs is 1. The maximum atomic E-state index is 12.7. The van der Waals surface area contributed by atoms with E-state index < -0.39 is 0 Å². The summed E-state index contributed by atoms with van der Waals surface area (Å²) in [4.78, 5) is 33.8. The third-order valence-electron chi connectivity index (χ3n) is 4.37. The smallest absolute Gasteiger partial charge is 0.323 e. The summed E-state index contributed by atoms with van der Waals surface area (Å²) < 4.78 is 7.19. The highest BCUT2D eigenvalue weighted by molar-refractivity contribution is 8.00. The van der Waals surface area contributed by atoms with Gasteiger partial charge in [0, 0.05) is 24.1 Å². The van der Waals surface area contributed by atoms with E-state index in [9.17, 15) is 9.59 Å². The van der Waals surface area contributed by atoms with Gasteiger partial charge in [-0.2, -0.15) is 0 Å². The van der Waals surface area contributed by atoms with Crippen LogP contribution in [0.15, 0.2) is 64.8 Å². The molecule has 0 radical (unpaired) electrons. The Labute approximate surface area is 170 Å². The Balaban J connectivity index is 1.48. The van der Waals surface area contributed by atoms with Gasteiger partial charge in [-0.15, -0.1) is 0 Å². The van der Waals surface area contributed by atoms with Crippen LogP contribution in [-0.4, -0.2) is 37.8 Å².